The van der Waals surface area contributed by atoms with Crippen LogP contribution in [0, 0.1) is 18.8 Å². The molecule has 1 saturated heterocycles. The van der Waals surface area contributed by atoms with Crippen molar-refractivity contribution in [3.63, 3.8) is 0 Å². The molecule has 2 aromatic rings. The summed E-state index contributed by atoms with van der Waals surface area (Å²) in [6.07, 6.45) is 0.0303. The lowest BCUT2D eigenvalue weighted by Crippen LogP contribution is -2.49. The number of ether oxygens (including phenoxy) is 1. The minimum absolute atomic E-state index is 0.0226. The molecule has 4 rings (SSSR count). The summed E-state index contributed by atoms with van der Waals surface area (Å²) in [5.41, 5.74) is 0.679. The zero-order chi connectivity index (χ0) is 29.0. The molecule has 0 radical (unpaired) electrons. The average Bonchev–Trinajstić information content (AvgIpc) is 3.52. The largest absolute Gasteiger partial charge is 0.410 e. The second-order valence-corrected chi connectivity index (χ2v) is 10.3. The zero-order valence-electron chi connectivity index (χ0n) is 22.3. The van der Waals surface area contributed by atoms with Gasteiger partial charge < -0.3 is 25.6 Å². The number of nitrogens with zero attached hydrogens (tertiary/aromatic N) is 4. The van der Waals surface area contributed by atoms with E-state index in [1.165, 1.54) is 25.4 Å². The number of urea groups is 1. The molecule has 2 fully saturated rings. The first-order chi connectivity index (χ1) is 19.0. The van der Waals surface area contributed by atoms with Gasteiger partial charge in [-0.15, -0.1) is 0 Å². The number of hydrogen-bond acceptors (Lipinski definition) is 8. The highest BCUT2D eigenvalue weighted by Crippen LogP contribution is 2.32. The van der Waals surface area contributed by atoms with E-state index in [-0.39, 0.29) is 29.7 Å². The summed E-state index contributed by atoms with van der Waals surface area (Å²) >= 11 is 0. The molecule has 3 N–H and O–H groups in total. The summed E-state index contributed by atoms with van der Waals surface area (Å²) in [5, 5.41) is 14.7. The second kappa shape index (κ2) is 12.2. The predicted octanol–water partition coefficient (Wildman–Crippen LogP) is 2.98. The molecule has 0 bridgehead atoms. The lowest BCUT2D eigenvalue weighted by Gasteiger charge is -2.32. The minimum atomic E-state index is -4.60. The maximum atomic E-state index is 13.5. The number of carbonyl (C=O) groups excluding carboxylic acids is 3. The first kappa shape index (κ1) is 29.2. The predicted molar refractivity (Wildman–Crippen MR) is 134 cm³/mol. The van der Waals surface area contributed by atoms with Crippen molar-refractivity contribution in [2.24, 2.45) is 11.8 Å². The van der Waals surface area contributed by atoms with Gasteiger partial charge in [0.2, 0.25) is 5.91 Å². The zero-order valence-corrected chi connectivity index (χ0v) is 22.3. The molecule has 40 heavy (non-hydrogen) atoms. The van der Waals surface area contributed by atoms with Crippen LogP contribution in [0.3, 0.4) is 0 Å². The molecule has 1 aliphatic heterocycles. The molecule has 12 nitrogen and oxygen atoms in total. The highest BCUT2D eigenvalue weighted by atomic mass is 19.4. The third kappa shape index (κ3) is 6.69. The van der Waals surface area contributed by atoms with Gasteiger partial charge in [0.05, 0.1) is 19.2 Å². The molecule has 2 aliphatic rings. The average molecular weight is 568 g/mol. The van der Waals surface area contributed by atoms with Gasteiger partial charge in [-0.25, -0.2) is 14.4 Å². The highest BCUT2D eigenvalue weighted by molar-refractivity contribution is 6.00. The first-order valence-corrected chi connectivity index (χ1v) is 13.0. The number of pyridine rings is 1. The number of aryl methyl sites for hydroxylation is 1. The molecule has 0 spiro atoms. The van der Waals surface area contributed by atoms with E-state index in [1.54, 1.807) is 6.92 Å². The number of methoxy groups -OCH3 is 1. The van der Waals surface area contributed by atoms with Gasteiger partial charge in [0.25, 0.3) is 5.91 Å². The maximum absolute atomic E-state index is 13.5. The Morgan fingerprint density at radius 3 is 2.58 bits per heavy atom. The van der Waals surface area contributed by atoms with Crippen molar-refractivity contribution in [3.8, 4) is 0 Å². The minimum Gasteiger partial charge on any atom is -0.382 e. The summed E-state index contributed by atoms with van der Waals surface area (Å²) in [6.45, 7) is 3.02. The molecule has 3 atom stereocenters. The monoisotopic (exact) mass is 567 g/mol. The lowest BCUT2D eigenvalue weighted by atomic mass is 9.79. The summed E-state index contributed by atoms with van der Waals surface area (Å²) in [7, 11) is 1.37. The van der Waals surface area contributed by atoms with Crippen molar-refractivity contribution in [2.45, 2.75) is 63.8 Å². The van der Waals surface area contributed by atoms with E-state index in [0.29, 0.717) is 11.5 Å². The van der Waals surface area contributed by atoms with Crippen molar-refractivity contribution in [1.82, 2.24) is 30.8 Å². The van der Waals surface area contributed by atoms with E-state index < -0.39 is 48.7 Å². The number of anilines is 1. The molecule has 3 heterocycles. The number of amides is 4. The standard InChI is InChI=1S/C25H32F3N7O5/c1-13-4-6-15(7-5-13)21(32-22(36)20-14(2)33-40-34-20)23(37)31-19-10-16(8-9-29-19)17(12-39-3)35-11-18(25(26,27)28)30-24(35)38/h8-10,13,15,17-18,21H,4-7,11-12H2,1-3H3,(H,30,38)(H,32,36)(H,29,31,37)/t13?,15?,17?,18-,21?/m0/s1. The Bertz CT molecular complexity index is 1220. The fourth-order valence-electron chi connectivity index (χ4n) is 5.13. The Labute approximate surface area is 228 Å². The molecule has 1 saturated carbocycles. The van der Waals surface area contributed by atoms with Gasteiger partial charge in [0.1, 0.15) is 23.6 Å². The first-order valence-electron chi connectivity index (χ1n) is 13.0. The van der Waals surface area contributed by atoms with Crippen molar-refractivity contribution >= 4 is 23.7 Å². The third-order valence-corrected chi connectivity index (χ3v) is 7.42. The Morgan fingerprint density at radius 1 is 1.25 bits per heavy atom. The highest BCUT2D eigenvalue weighted by Gasteiger charge is 2.48. The van der Waals surface area contributed by atoms with Crippen LogP contribution in [0.2, 0.25) is 0 Å². The van der Waals surface area contributed by atoms with Crippen molar-refractivity contribution < 1.29 is 36.9 Å². The molecule has 15 heteroatoms. The Hall–Kier alpha value is -3.75. The molecule has 2 unspecified atom stereocenters. The molecular formula is C25H32F3N7O5. The number of nitrogens with one attached hydrogen (secondary N) is 3. The van der Waals surface area contributed by atoms with Gasteiger partial charge in [-0.3, -0.25) is 9.59 Å². The summed E-state index contributed by atoms with van der Waals surface area (Å²) in [5.74, 6) is -0.631. The lowest BCUT2D eigenvalue weighted by molar-refractivity contribution is -0.150. The summed E-state index contributed by atoms with van der Waals surface area (Å²) < 4.78 is 49.6. The smallest absolute Gasteiger partial charge is 0.382 e. The molecular weight excluding hydrogens is 535 g/mol. The summed E-state index contributed by atoms with van der Waals surface area (Å²) in [4.78, 5) is 44.0. The number of hydrogen-bond donors (Lipinski definition) is 3. The number of halogens is 3. The van der Waals surface area contributed by atoms with Gasteiger partial charge in [-0.1, -0.05) is 24.9 Å². The number of aromatic nitrogens is 3. The van der Waals surface area contributed by atoms with E-state index in [2.05, 4.69) is 37.5 Å². The molecule has 4 amide bonds. The van der Waals surface area contributed by atoms with Crippen LogP contribution in [0.5, 0.6) is 0 Å². The van der Waals surface area contributed by atoms with Gasteiger partial charge in [-0.2, -0.15) is 13.2 Å². The van der Waals surface area contributed by atoms with E-state index in [9.17, 15) is 27.6 Å². The second-order valence-electron chi connectivity index (χ2n) is 10.3. The van der Waals surface area contributed by atoms with Gasteiger partial charge in [-0.05, 0) is 54.5 Å². The Morgan fingerprint density at radius 2 is 1.98 bits per heavy atom. The van der Waals surface area contributed by atoms with Gasteiger partial charge in [0, 0.05) is 13.3 Å². The fraction of sp³-hybridized carbons (Fsp3) is 0.600. The fourth-order valence-corrected chi connectivity index (χ4v) is 5.13. The number of alkyl halides is 3. The molecule has 2 aromatic heterocycles. The van der Waals surface area contributed by atoms with Crippen LogP contribution in [0.15, 0.2) is 23.0 Å². The van der Waals surface area contributed by atoms with Gasteiger partial charge >= 0.3 is 12.2 Å². The molecule has 218 valence electrons. The van der Waals surface area contributed by atoms with Crippen LogP contribution >= 0.6 is 0 Å². The van der Waals surface area contributed by atoms with Crippen LogP contribution < -0.4 is 16.0 Å². The quantitative estimate of drug-likeness (QED) is 0.418. The van der Waals surface area contributed by atoms with Gasteiger partial charge in [0.15, 0.2) is 5.69 Å². The topological polar surface area (TPSA) is 152 Å². The molecule has 0 aromatic carbocycles. The Balaban J connectivity index is 1.53. The van der Waals surface area contributed by atoms with E-state index >= 15 is 0 Å². The number of rotatable bonds is 9. The van der Waals surface area contributed by atoms with Crippen molar-refractivity contribution in [3.05, 3.63) is 35.3 Å². The van der Waals surface area contributed by atoms with Crippen LogP contribution in [-0.4, -0.2) is 76.6 Å². The van der Waals surface area contributed by atoms with Crippen LogP contribution in [-0.2, 0) is 9.53 Å². The number of carbonyl (C=O) groups is 3. The summed E-state index contributed by atoms with van der Waals surface area (Å²) in [6, 6.07) is -1.65. The maximum Gasteiger partial charge on any atom is 0.410 e. The SMILES string of the molecule is COCC(c1ccnc(NC(=O)C(NC(=O)c2nonc2C)C2CCC(C)CC2)c1)N1C[C@@H](C(F)(F)F)NC1=O. The van der Waals surface area contributed by atoms with Crippen molar-refractivity contribution in [1.29, 1.82) is 0 Å². The van der Waals surface area contributed by atoms with E-state index in [0.717, 1.165) is 30.6 Å². The van der Waals surface area contributed by atoms with Crippen LogP contribution in [0.1, 0.15) is 60.4 Å². The van der Waals surface area contributed by atoms with E-state index in [4.69, 9.17) is 4.74 Å². The Kier molecular flexibility index (Phi) is 8.91. The molecule has 1 aliphatic carbocycles. The van der Waals surface area contributed by atoms with Crippen LogP contribution in [0.4, 0.5) is 23.8 Å². The van der Waals surface area contributed by atoms with Crippen LogP contribution in [0.25, 0.3) is 0 Å². The van der Waals surface area contributed by atoms with Crippen molar-refractivity contribution in [2.75, 3.05) is 25.6 Å². The third-order valence-electron chi connectivity index (χ3n) is 7.42. The van der Waals surface area contributed by atoms with E-state index in [1.807, 2.05) is 5.32 Å². The normalized spacial score (nSPS) is 22.9.